The van der Waals surface area contributed by atoms with E-state index in [1.165, 1.54) is 0 Å². The fraction of sp³-hybridized carbons (Fsp3) is 0.667. The number of amides is 1. The van der Waals surface area contributed by atoms with E-state index in [1.807, 2.05) is 18.7 Å². The molecule has 0 spiro atoms. The number of hydrazine groups is 1. The molecule has 2 rings (SSSR count). The Kier molecular flexibility index (Phi) is 4.77. The van der Waals surface area contributed by atoms with Gasteiger partial charge in [0.15, 0.2) is 5.69 Å². The van der Waals surface area contributed by atoms with Crippen molar-refractivity contribution in [2.75, 3.05) is 18.5 Å². The smallest absolute Gasteiger partial charge is 0.274 e. The van der Waals surface area contributed by atoms with Gasteiger partial charge in [0, 0.05) is 19.0 Å². The molecule has 1 aromatic heterocycles. The molecule has 1 fully saturated rings. The van der Waals surface area contributed by atoms with Crippen LogP contribution in [-0.2, 0) is 0 Å². The summed E-state index contributed by atoms with van der Waals surface area (Å²) in [5.41, 5.74) is 3.38. The average Bonchev–Trinajstić information content (AvgIpc) is 2.48. The van der Waals surface area contributed by atoms with Gasteiger partial charge in [0.25, 0.3) is 5.91 Å². The molecule has 0 bridgehead atoms. The van der Waals surface area contributed by atoms with E-state index < -0.39 is 0 Å². The van der Waals surface area contributed by atoms with E-state index in [0.29, 0.717) is 29.0 Å². The van der Waals surface area contributed by atoms with Gasteiger partial charge in [0.05, 0.1) is 11.9 Å². The minimum atomic E-state index is -0.0639. The maximum atomic E-state index is 12.7. The number of carbonyl (C=O) groups is 1. The van der Waals surface area contributed by atoms with Gasteiger partial charge in [-0.15, -0.1) is 0 Å². The molecule has 1 amide bonds. The number of hydrogen-bond acceptors (Lipinski definition) is 5. The van der Waals surface area contributed by atoms with Gasteiger partial charge in [0.1, 0.15) is 5.82 Å². The summed E-state index contributed by atoms with van der Waals surface area (Å²) in [5.74, 6) is 7.42. The molecule has 0 aromatic carbocycles. The van der Waals surface area contributed by atoms with Crippen molar-refractivity contribution in [3.8, 4) is 0 Å². The van der Waals surface area contributed by atoms with E-state index >= 15 is 0 Å². The first-order chi connectivity index (χ1) is 9.93. The van der Waals surface area contributed by atoms with Crippen molar-refractivity contribution in [2.45, 2.75) is 40.0 Å². The Morgan fingerprint density at radius 3 is 2.71 bits per heavy atom. The molecular weight excluding hydrogens is 266 g/mol. The second kappa shape index (κ2) is 6.39. The first-order valence-corrected chi connectivity index (χ1v) is 7.56. The Hall–Kier alpha value is -1.69. The van der Waals surface area contributed by atoms with Crippen molar-refractivity contribution in [3.63, 3.8) is 0 Å². The van der Waals surface area contributed by atoms with Crippen LogP contribution in [0.3, 0.4) is 0 Å². The summed E-state index contributed by atoms with van der Waals surface area (Å²) in [6, 6.07) is 0. The minimum absolute atomic E-state index is 0.0639. The number of likely N-dealkylation sites (tertiary alicyclic amines) is 1. The fourth-order valence-corrected chi connectivity index (χ4v) is 2.54. The largest absolute Gasteiger partial charge is 0.337 e. The van der Waals surface area contributed by atoms with Gasteiger partial charge in [-0.3, -0.25) is 10.6 Å². The van der Waals surface area contributed by atoms with Crippen LogP contribution in [0.2, 0.25) is 0 Å². The summed E-state index contributed by atoms with van der Waals surface area (Å²) in [4.78, 5) is 23.3. The summed E-state index contributed by atoms with van der Waals surface area (Å²) in [5, 5.41) is 0. The van der Waals surface area contributed by atoms with Crippen LogP contribution in [0.25, 0.3) is 0 Å². The van der Waals surface area contributed by atoms with Crippen molar-refractivity contribution in [2.24, 2.45) is 17.7 Å². The van der Waals surface area contributed by atoms with Gasteiger partial charge in [0.2, 0.25) is 0 Å². The van der Waals surface area contributed by atoms with Crippen LogP contribution < -0.4 is 11.3 Å². The molecule has 6 heteroatoms. The van der Waals surface area contributed by atoms with Gasteiger partial charge in [-0.1, -0.05) is 27.7 Å². The Balaban J connectivity index is 2.27. The van der Waals surface area contributed by atoms with Crippen LogP contribution in [-0.4, -0.2) is 33.9 Å². The third-order valence-corrected chi connectivity index (χ3v) is 4.30. The third kappa shape index (κ3) is 3.32. The van der Waals surface area contributed by atoms with Crippen molar-refractivity contribution < 1.29 is 4.79 Å². The number of aromatic nitrogens is 2. The van der Waals surface area contributed by atoms with Crippen molar-refractivity contribution in [1.29, 1.82) is 0 Å². The first-order valence-electron chi connectivity index (χ1n) is 7.56. The third-order valence-electron chi connectivity index (χ3n) is 4.30. The zero-order valence-corrected chi connectivity index (χ0v) is 13.3. The molecule has 0 aliphatic carbocycles. The Morgan fingerprint density at radius 1 is 1.43 bits per heavy atom. The summed E-state index contributed by atoms with van der Waals surface area (Å²) < 4.78 is 0. The van der Waals surface area contributed by atoms with E-state index in [9.17, 15) is 4.79 Å². The normalized spacial score (nSPS) is 22.5. The van der Waals surface area contributed by atoms with Crippen LogP contribution in [0, 0.1) is 11.8 Å². The number of piperidine rings is 1. The molecule has 0 saturated carbocycles. The summed E-state index contributed by atoms with van der Waals surface area (Å²) in [6.45, 7) is 9.97. The Morgan fingerprint density at radius 2 is 2.14 bits per heavy atom. The lowest BCUT2D eigenvalue weighted by atomic mass is 9.88. The Labute approximate surface area is 126 Å². The number of carbonyl (C=O) groups excluding carboxylic acids is 1. The second-order valence-electron chi connectivity index (χ2n) is 6.28. The van der Waals surface area contributed by atoms with Gasteiger partial charge in [-0.05, 0) is 18.3 Å². The van der Waals surface area contributed by atoms with Crippen LogP contribution >= 0.6 is 0 Å². The zero-order chi connectivity index (χ0) is 15.6. The second-order valence-corrected chi connectivity index (χ2v) is 6.28. The highest BCUT2D eigenvalue weighted by Gasteiger charge is 2.29. The SMILES string of the molecule is CC(C)c1ncc(NN)c(C(=O)N2CCC(C)C(C)C2)n1. The summed E-state index contributed by atoms with van der Waals surface area (Å²) >= 11 is 0. The molecule has 116 valence electrons. The van der Waals surface area contributed by atoms with Gasteiger partial charge in [-0.25, -0.2) is 9.97 Å². The van der Waals surface area contributed by atoms with Gasteiger partial charge >= 0.3 is 0 Å². The predicted molar refractivity (Wildman–Crippen MR) is 82.8 cm³/mol. The number of hydrogen-bond donors (Lipinski definition) is 2. The quantitative estimate of drug-likeness (QED) is 0.657. The molecule has 1 aliphatic heterocycles. The number of anilines is 1. The van der Waals surface area contributed by atoms with E-state index in [2.05, 4.69) is 29.2 Å². The molecule has 6 nitrogen and oxygen atoms in total. The first kappa shape index (κ1) is 15.7. The lowest BCUT2D eigenvalue weighted by molar-refractivity contribution is 0.0622. The molecule has 2 unspecified atom stereocenters. The summed E-state index contributed by atoms with van der Waals surface area (Å²) in [6.07, 6.45) is 2.62. The van der Waals surface area contributed by atoms with Crippen LogP contribution in [0.15, 0.2) is 6.20 Å². The molecule has 1 aromatic rings. The zero-order valence-electron chi connectivity index (χ0n) is 13.3. The fourth-order valence-electron chi connectivity index (χ4n) is 2.54. The van der Waals surface area contributed by atoms with E-state index in [0.717, 1.165) is 19.5 Å². The average molecular weight is 291 g/mol. The predicted octanol–water partition coefficient (Wildman–Crippen LogP) is 2.00. The van der Waals surface area contributed by atoms with E-state index in [-0.39, 0.29) is 11.8 Å². The molecular formula is C15H25N5O. The van der Waals surface area contributed by atoms with E-state index in [1.54, 1.807) is 6.20 Å². The maximum absolute atomic E-state index is 12.7. The number of rotatable bonds is 3. The number of nitrogen functional groups attached to an aromatic ring is 1. The number of nitrogens with one attached hydrogen (secondary N) is 1. The highest BCUT2D eigenvalue weighted by molar-refractivity contribution is 5.97. The van der Waals surface area contributed by atoms with Gasteiger partial charge < -0.3 is 10.3 Å². The van der Waals surface area contributed by atoms with Gasteiger partial charge in [-0.2, -0.15) is 0 Å². The molecule has 3 N–H and O–H groups in total. The maximum Gasteiger partial charge on any atom is 0.274 e. The topological polar surface area (TPSA) is 84.1 Å². The molecule has 21 heavy (non-hydrogen) atoms. The molecule has 2 atom stereocenters. The number of nitrogens with zero attached hydrogens (tertiary/aromatic N) is 3. The van der Waals surface area contributed by atoms with Crippen molar-refractivity contribution in [3.05, 3.63) is 17.7 Å². The molecule has 0 radical (unpaired) electrons. The van der Waals surface area contributed by atoms with Crippen LogP contribution in [0.1, 0.15) is 56.3 Å². The van der Waals surface area contributed by atoms with Crippen LogP contribution in [0.4, 0.5) is 5.69 Å². The minimum Gasteiger partial charge on any atom is -0.337 e. The van der Waals surface area contributed by atoms with Crippen molar-refractivity contribution >= 4 is 11.6 Å². The molecule has 2 heterocycles. The lowest BCUT2D eigenvalue weighted by Crippen LogP contribution is -2.43. The summed E-state index contributed by atoms with van der Waals surface area (Å²) in [7, 11) is 0. The Bertz CT molecular complexity index is 517. The number of nitrogens with two attached hydrogens (primary N) is 1. The lowest BCUT2D eigenvalue weighted by Gasteiger charge is -2.35. The van der Waals surface area contributed by atoms with Crippen LogP contribution in [0.5, 0.6) is 0 Å². The highest BCUT2D eigenvalue weighted by atomic mass is 16.2. The highest BCUT2D eigenvalue weighted by Crippen LogP contribution is 2.25. The standard InChI is InChI=1S/C15H25N5O/c1-9(2)14-17-7-12(19-16)13(18-14)15(21)20-6-5-10(3)11(4)8-20/h7,9-11,19H,5-6,8,16H2,1-4H3. The van der Waals surface area contributed by atoms with E-state index in [4.69, 9.17) is 5.84 Å². The monoisotopic (exact) mass is 291 g/mol. The molecule has 1 saturated heterocycles. The molecule has 1 aliphatic rings. The van der Waals surface area contributed by atoms with Crippen molar-refractivity contribution in [1.82, 2.24) is 14.9 Å².